The Morgan fingerprint density at radius 1 is 1.24 bits per heavy atom. The number of aromatic nitrogens is 2. The average Bonchev–Trinajstić information content (AvgIpc) is 2.42. The van der Waals surface area contributed by atoms with Crippen molar-refractivity contribution < 1.29 is 4.79 Å². The van der Waals surface area contributed by atoms with E-state index in [9.17, 15) is 4.79 Å². The number of halogens is 1. The largest absolute Gasteiger partial charge is 0.368 e. The molecule has 0 aliphatic heterocycles. The third-order valence-electron chi connectivity index (χ3n) is 2.75. The predicted molar refractivity (Wildman–Crippen MR) is 87.6 cm³/mol. The van der Waals surface area contributed by atoms with Gasteiger partial charge in [0.1, 0.15) is 17.8 Å². The second kappa shape index (κ2) is 6.67. The number of hydrogen-bond donors (Lipinski definition) is 2. The van der Waals surface area contributed by atoms with Crippen LogP contribution in [0, 0.1) is 6.92 Å². The standard InChI is InChI=1S/C15H17BrN4O/c1-9(2)19-14-7-13(17-8-18-14)15(21)20-11-4-5-12(16)10(3)6-11/h4-9H,1-3H3,(H,20,21)(H,17,18,19). The van der Waals surface area contributed by atoms with Crippen molar-refractivity contribution in [2.24, 2.45) is 0 Å². The first-order valence-electron chi connectivity index (χ1n) is 6.62. The van der Waals surface area contributed by atoms with E-state index in [-0.39, 0.29) is 11.9 Å². The molecule has 2 N–H and O–H groups in total. The quantitative estimate of drug-likeness (QED) is 0.885. The Bertz CT molecular complexity index is 658. The molecule has 0 spiro atoms. The molecule has 0 fully saturated rings. The van der Waals surface area contributed by atoms with Crippen molar-refractivity contribution >= 4 is 33.3 Å². The Morgan fingerprint density at radius 2 is 2.00 bits per heavy atom. The molecule has 0 saturated carbocycles. The first kappa shape index (κ1) is 15.4. The Labute approximate surface area is 132 Å². The lowest BCUT2D eigenvalue weighted by molar-refractivity contribution is 0.102. The second-order valence-corrected chi connectivity index (χ2v) is 5.86. The summed E-state index contributed by atoms with van der Waals surface area (Å²) in [7, 11) is 0. The van der Waals surface area contributed by atoms with Crippen LogP contribution < -0.4 is 10.6 Å². The van der Waals surface area contributed by atoms with Crippen LogP contribution in [0.5, 0.6) is 0 Å². The van der Waals surface area contributed by atoms with Crippen molar-refractivity contribution in [2.75, 3.05) is 10.6 Å². The van der Waals surface area contributed by atoms with Gasteiger partial charge in [-0.15, -0.1) is 0 Å². The molecule has 2 rings (SSSR count). The highest BCUT2D eigenvalue weighted by atomic mass is 79.9. The Hall–Kier alpha value is -1.95. The third-order valence-corrected chi connectivity index (χ3v) is 3.64. The van der Waals surface area contributed by atoms with Crippen molar-refractivity contribution in [3.63, 3.8) is 0 Å². The van der Waals surface area contributed by atoms with Gasteiger partial charge >= 0.3 is 0 Å². The molecule has 0 aliphatic carbocycles. The van der Waals surface area contributed by atoms with Gasteiger partial charge in [-0.25, -0.2) is 9.97 Å². The maximum atomic E-state index is 12.2. The summed E-state index contributed by atoms with van der Waals surface area (Å²) in [6.45, 7) is 5.98. The third kappa shape index (κ3) is 4.26. The number of aryl methyl sites for hydroxylation is 1. The number of amides is 1. The molecule has 0 saturated heterocycles. The highest BCUT2D eigenvalue weighted by Crippen LogP contribution is 2.20. The highest BCUT2D eigenvalue weighted by Gasteiger charge is 2.10. The molecule has 0 aliphatic rings. The van der Waals surface area contributed by atoms with E-state index < -0.39 is 0 Å². The molecule has 1 amide bonds. The number of nitrogens with zero attached hydrogens (tertiary/aromatic N) is 2. The minimum atomic E-state index is -0.258. The topological polar surface area (TPSA) is 66.9 Å². The summed E-state index contributed by atoms with van der Waals surface area (Å²) in [6.07, 6.45) is 1.38. The Balaban J connectivity index is 2.14. The van der Waals surface area contributed by atoms with Gasteiger partial charge in [0, 0.05) is 22.3 Å². The Kier molecular flexibility index (Phi) is 4.90. The molecule has 1 aromatic heterocycles. The average molecular weight is 349 g/mol. The predicted octanol–water partition coefficient (Wildman–Crippen LogP) is 3.62. The summed E-state index contributed by atoms with van der Waals surface area (Å²) in [5.74, 6) is 0.378. The lowest BCUT2D eigenvalue weighted by atomic mass is 10.2. The zero-order valence-corrected chi connectivity index (χ0v) is 13.7. The first-order valence-corrected chi connectivity index (χ1v) is 7.41. The fourth-order valence-electron chi connectivity index (χ4n) is 1.77. The molecule has 6 heteroatoms. The summed E-state index contributed by atoms with van der Waals surface area (Å²) < 4.78 is 1.01. The van der Waals surface area contributed by atoms with Crippen molar-refractivity contribution in [1.29, 1.82) is 0 Å². The van der Waals surface area contributed by atoms with Crippen LogP contribution >= 0.6 is 15.9 Å². The zero-order chi connectivity index (χ0) is 15.4. The molecule has 5 nitrogen and oxygen atoms in total. The van der Waals surface area contributed by atoms with E-state index in [0.717, 1.165) is 15.7 Å². The van der Waals surface area contributed by atoms with Gasteiger partial charge in [0.25, 0.3) is 5.91 Å². The number of nitrogens with one attached hydrogen (secondary N) is 2. The van der Waals surface area contributed by atoms with E-state index in [1.807, 2.05) is 39.0 Å². The van der Waals surface area contributed by atoms with Gasteiger partial charge in [0.05, 0.1) is 0 Å². The van der Waals surface area contributed by atoms with Crippen LogP contribution in [0.1, 0.15) is 29.9 Å². The highest BCUT2D eigenvalue weighted by molar-refractivity contribution is 9.10. The van der Waals surface area contributed by atoms with Crippen LogP contribution in [0.25, 0.3) is 0 Å². The summed E-state index contributed by atoms with van der Waals surface area (Å²) >= 11 is 3.43. The van der Waals surface area contributed by atoms with Crippen molar-refractivity contribution in [3.05, 3.63) is 46.3 Å². The Morgan fingerprint density at radius 3 is 2.67 bits per heavy atom. The normalized spacial score (nSPS) is 10.5. The second-order valence-electron chi connectivity index (χ2n) is 5.01. The van der Waals surface area contributed by atoms with Crippen LogP contribution in [0.3, 0.4) is 0 Å². The van der Waals surface area contributed by atoms with E-state index in [1.165, 1.54) is 6.33 Å². The molecule has 1 aromatic carbocycles. The minimum absolute atomic E-state index is 0.241. The molecular weight excluding hydrogens is 332 g/mol. The van der Waals surface area contributed by atoms with Gasteiger partial charge in [0.2, 0.25) is 0 Å². The van der Waals surface area contributed by atoms with Gasteiger partial charge in [-0.05, 0) is 44.5 Å². The molecule has 0 atom stereocenters. The van der Waals surface area contributed by atoms with E-state index in [2.05, 4.69) is 36.5 Å². The fraction of sp³-hybridized carbons (Fsp3) is 0.267. The summed E-state index contributed by atoms with van der Waals surface area (Å²) in [6, 6.07) is 7.52. The molecule has 0 unspecified atom stereocenters. The molecule has 21 heavy (non-hydrogen) atoms. The number of carbonyl (C=O) groups is 1. The van der Waals surface area contributed by atoms with Crippen molar-refractivity contribution in [2.45, 2.75) is 26.8 Å². The van der Waals surface area contributed by atoms with Crippen LogP contribution in [0.2, 0.25) is 0 Å². The lowest BCUT2D eigenvalue weighted by Gasteiger charge is -2.10. The number of hydrogen-bond acceptors (Lipinski definition) is 4. The monoisotopic (exact) mass is 348 g/mol. The molecular formula is C15H17BrN4O. The summed E-state index contributed by atoms with van der Waals surface area (Å²) in [5, 5.41) is 5.97. The number of rotatable bonds is 4. The van der Waals surface area contributed by atoms with Crippen molar-refractivity contribution in [1.82, 2.24) is 9.97 Å². The SMILES string of the molecule is Cc1cc(NC(=O)c2cc(NC(C)C)ncn2)ccc1Br. The van der Waals surface area contributed by atoms with Gasteiger partial charge in [-0.3, -0.25) is 4.79 Å². The maximum Gasteiger partial charge on any atom is 0.274 e. The number of anilines is 2. The van der Waals surface area contributed by atoms with Crippen molar-refractivity contribution in [3.8, 4) is 0 Å². The summed E-state index contributed by atoms with van der Waals surface area (Å²) in [5.41, 5.74) is 2.11. The van der Waals surface area contributed by atoms with Crippen LogP contribution in [-0.4, -0.2) is 21.9 Å². The van der Waals surface area contributed by atoms with Gasteiger partial charge in [-0.1, -0.05) is 15.9 Å². The van der Waals surface area contributed by atoms with E-state index in [1.54, 1.807) is 6.07 Å². The first-order chi connectivity index (χ1) is 9.95. The molecule has 0 radical (unpaired) electrons. The van der Waals surface area contributed by atoms with Crippen LogP contribution in [0.15, 0.2) is 35.1 Å². The smallest absolute Gasteiger partial charge is 0.274 e. The molecule has 110 valence electrons. The fourth-order valence-corrected chi connectivity index (χ4v) is 2.02. The molecule has 0 bridgehead atoms. The van der Waals surface area contributed by atoms with Gasteiger partial charge in [0.15, 0.2) is 0 Å². The number of carbonyl (C=O) groups excluding carboxylic acids is 1. The number of benzene rings is 1. The van der Waals surface area contributed by atoms with Crippen LogP contribution in [-0.2, 0) is 0 Å². The lowest BCUT2D eigenvalue weighted by Crippen LogP contribution is -2.16. The summed E-state index contributed by atoms with van der Waals surface area (Å²) in [4.78, 5) is 20.3. The molecule has 1 heterocycles. The molecule has 2 aromatic rings. The van der Waals surface area contributed by atoms with E-state index >= 15 is 0 Å². The van der Waals surface area contributed by atoms with Gasteiger partial charge < -0.3 is 10.6 Å². The minimum Gasteiger partial charge on any atom is -0.368 e. The van der Waals surface area contributed by atoms with Crippen LogP contribution in [0.4, 0.5) is 11.5 Å². The van der Waals surface area contributed by atoms with E-state index in [4.69, 9.17) is 0 Å². The zero-order valence-electron chi connectivity index (χ0n) is 12.1. The maximum absolute atomic E-state index is 12.2. The van der Waals surface area contributed by atoms with E-state index in [0.29, 0.717) is 11.5 Å². The van der Waals surface area contributed by atoms with Gasteiger partial charge in [-0.2, -0.15) is 0 Å².